The number of aromatic carboxylic acids is 1. The third kappa shape index (κ3) is 5.15. The summed E-state index contributed by atoms with van der Waals surface area (Å²) in [6.45, 7) is 6.91. The van der Waals surface area contributed by atoms with Crippen molar-refractivity contribution in [2.75, 3.05) is 13.1 Å². The Hall–Kier alpha value is -1.70. The minimum atomic E-state index is -1.03. The number of imidazole rings is 1. The summed E-state index contributed by atoms with van der Waals surface area (Å²) >= 11 is 4.54. The van der Waals surface area contributed by atoms with Gasteiger partial charge in [0, 0.05) is 13.1 Å². The number of hydrogen-bond acceptors (Lipinski definition) is 5. The number of ether oxygens (including phenoxy) is 1. The van der Waals surface area contributed by atoms with E-state index in [0.717, 1.165) is 19.3 Å². The SMILES string of the molecule is CC(C)(C)OC(=O)N1CCC(CC(S)c2ncc(C(=O)O)[nH]2)CC1. The van der Waals surface area contributed by atoms with Crippen molar-refractivity contribution in [3.63, 3.8) is 0 Å². The third-order valence-corrected chi connectivity index (χ3v) is 4.42. The lowest BCUT2D eigenvalue weighted by Crippen LogP contribution is -2.41. The summed E-state index contributed by atoms with van der Waals surface area (Å²) in [5, 5.41) is 8.78. The van der Waals surface area contributed by atoms with Crippen molar-refractivity contribution in [3.8, 4) is 0 Å². The van der Waals surface area contributed by atoms with Crippen LogP contribution in [0.5, 0.6) is 0 Å². The highest BCUT2D eigenvalue weighted by molar-refractivity contribution is 7.80. The van der Waals surface area contributed by atoms with Gasteiger partial charge < -0.3 is 19.7 Å². The summed E-state index contributed by atoms with van der Waals surface area (Å²) in [4.78, 5) is 31.5. The molecule has 0 bridgehead atoms. The van der Waals surface area contributed by atoms with Crippen LogP contribution in [0.25, 0.3) is 0 Å². The van der Waals surface area contributed by atoms with Crippen LogP contribution in [0.3, 0.4) is 0 Å². The number of H-pyrrole nitrogens is 1. The molecule has 1 amide bonds. The van der Waals surface area contributed by atoms with E-state index in [1.807, 2.05) is 20.8 Å². The molecule has 134 valence electrons. The van der Waals surface area contributed by atoms with Gasteiger partial charge in [0.1, 0.15) is 17.1 Å². The number of nitrogens with zero attached hydrogens (tertiary/aromatic N) is 2. The first kappa shape index (κ1) is 18.6. The number of piperidine rings is 1. The van der Waals surface area contributed by atoms with E-state index in [4.69, 9.17) is 9.84 Å². The number of amides is 1. The predicted molar refractivity (Wildman–Crippen MR) is 92.4 cm³/mol. The maximum absolute atomic E-state index is 12.0. The molecule has 8 heteroatoms. The van der Waals surface area contributed by atoms with E-state index in [2.05, 4.69) is 22.6 Å². The van der Waals surface area contributed by atoms with Gasteiger partial charge in [0.2, 0.25) is 0 Å². The Balaban J connectivity index is 1.82. The molecule has 1 saturated heterocycles. The van der Waals surface area contributed by atoms with Crippen LogP contribution in [0, 0.1) is 5.92 Å². The number of thiol groups is 1. The summed E-state index contributed by atoms with van der Waals surface area (Å²) in [6.07, 6.45) is 3.59. The monoisotopic (exact) mass is 355 g/mol. The van der Waals surface area contributed by atoms with Gasteiger partial charge >= 0.3 is 12.1 Å². The summed E-state index contributed by atoms with van der Waals surface area (Å²) in [6, 6.07) is 0. The van der Waals surface area contributed by atoms with Crippen molar-refractivity contribution < 1.29 is 19.4 Å². The number of carbonyl (C=O) groups is 2. The van der Waals surface area contributed by atoms with Gasteiger partial charge in [-0.15, -0.1) is 0 Å². The van der Waals surface area contributed by atoms with Gasteiger partial charge in [0.15, 0.2) is 0 Å². The molecule has 24 heavy (non-hydrogen) atoms. The van der Waals surface area contributed by atoms with E-state index in [9.17, 15) is 9.59 Å². The molecular formula is C16H25N3O4S. The minimum absolute atomic E-state index is 0.0730. The zero-order valence-corrected chi connectivity index (χ0v) is 15.2. The van der Waals surface area contributed by atoms with Gasteiger partial charge in [-0.25, -0.2) is 14.6 Å². The highest BCUT2D eigenvalue weighted by Gasteiger charge is 2.28. The first-order chi connectivity index (χ1) is 11.2. The number of hydrogen-bond donors (Lipinski definition) is 3. The predicted octanol–water partition coefficient (Wildman–Crippen LogP) is 3.12. The molecule has 2 rings (SSSR count). The first-order valence-corrected chi connectivity index (χ1v) is 8.61. The topological polar surface area (TPSA) is 95.5 Å². The molecule has 7 nitrogen and oxygen atoms in total. The Morgan fingerprint density at radius 1 is 1.46 bits per heavy atom. The van der Waals surface area contributed by atoms with Crippen molar-refractivity contribution in [1.29, 1.82) is 0 Å². The quantitative estimate of drug-likeness (QED) is 0.721. The molecule has 1 atom stereocenters. The fourth-order valence-electron chi connectivity index (χ4n) is 2.72. The maximum atomic E-state index is 12.0. The fraction of sp³-hybridized carbons (Fsp3) is 0.688. The van der Waals surface area contributed by atoms with Crippen LogP contribution in [0.4, 0.5) is 4.79 Å². The van der Waals surface area contributed by atoms with Crippen LogP contribution in [0.1, 0.15) is 61.6 Å². The molecule has 1 aliphatic heterocycles. The van der Waals surface area contributed by atoms with Gasteiger partial charge in [0.05, 0.1) is 11.4 Å². The Morgan fingerprint density at radius 2 is 2.08 bits per heavy atom. The Bertz CT molecular complexity index is 588. The van der Waals surface area contributed by atoms with Crippen LogP contribution in [0.15, 0.2) is 6.20 Å². The van der Waals surface area contributed by atoms with Gasteiger partial charge in [-0.1, -0.05) is 0 Å². The Kier molecular flexibility index (Phi) is 5.79. The highest BCUT2D eigenvalue weighted by atomic mass is 32.1. The number of carboxylic acid groups (broad SMARTS) is 1. The third-order valence-electron chi connectivity index (χ3n) is 3.96. The van der Waals surface area contributed by atoms with Crippen molar-refractivity contribution in [2.24, 2.45) is 5.92 Å². The lowest BCUT2D eigenvalue weighted by atomic mass is 9.92. The van der Waals surface area contributed by atoms with Crippen molar-refractivity contribution in [2.45, 2.75) is 50.9 Å². The van der Waals surface area contributed by atoms with Crippen LogP contribution >= 0.6 is 12.6 Å². The minimum Gasteiger partial charge on any atom is -0.477 e. The summed E-state index contributed by atoms with van der Waals surface area (Å²) in [5.74, 6) is -0.0326. The lowest BCUT2D eigenvalue weighted by molar-refractivity contribution is 0.0181. The zero-order chi connectivity index (χ0) is 17.9. The summed E-state index contributed by atoms with van der Waals surface area (Å²) < 4.78 is 5.39. The van der Waals surface area contributed by atoms with Crippen molar-refractivity contribution in [1.82, 2.24) is 14.9 Å². The van der Waals surface area contributed by atoms with E-state index in [1.165, 1.54) is 6.20 Å². The van der Waals surface area contributed by atoms with Gasteiger partial charge in [-0.2, -0.15) is 12.6 Å². The van der Waals surface area contributed by atoms with E-state index in [1.54, 1.807) is 4.90 Å². The maximum Gasteiger partial charge on any atom is 0.410 e. The molecular weight excluding hydrogens is 330 g/mol. The normalized spacial score (nSPS) is 17.6. The van der Waals surface area contributed by atoms with Gasteiger partial charge in [-0.05, 0) is 46.0 Å². The number of aromatic amines is 1. The molecule has 0 radical (unpaired) electrons. The van der Waals surface area contributed by atoms with Crippen LogP contribution in [-0.2, 0) is 4.74 Å². The number of nitrogens with one attached hydrogen (secondary N) is 1. The average Bonchev–Trinajstić information content (AvgIpc) is 2.96. The van der Waals surface area contributed by atoms with E-state index in [0.29, 0.717) is 24.8 Å². The standard InChI is InChI=1S/C16H25N3O4S/c1-16(2,3)23-15(22)19-6-4-10(5-7-19)8-12(24)13-17-9-11(18-13)14(20)21/h9-10,12,24H,4-8H2,1-3H3,(H,17,18)(H,20,21). The van der Waals surface area contributed by atoms with Gasteiger partial charge in [-0.3, -0.25) is 0 Å². The fourth-order valence-corrected chi connectivity index (χ4v) is 3.15. The van der Waals surface area contributed by atoms with E-state index < -0.39 is 11.6 Å². The second-order valence-electron chi connectivity index (χ2n) is 7.15. The highest BCUT2D eigenvalue weighted by Crippen LogP contribution is 2.31. The van der Waals surface area contributed by atoms with Gasteiger partial charge in [0.25, 0.3) is 0 Å². The molecule has 1 aliphatic rings. The Morgan fingerprint density at radius 3 is 2.58 bits per heavy atom. The molecule has 1 aromatic rings. The first-order valence-electron chi connectivity index (χ1n) is 8.10. The second kappa shape index (κ2) is 7.46. The van der Waals surface area contributed by atoms with E-state index in [-0.39, 0.29) is 17.0 Å². The largest absolute Gasteiger partial charge is 0.477 e. The van der Waals surface area contributed by atoms with Crippen LogP contribution < -0.4 is 0 Å². The second-order valence-corrected chi connectivity index (χ2v) is 7.77. The number of carbonyl (C=O) groups excluding carboxylic acids is 1. The number of rotatable bonds is 4. The number of likely N-dealkylation sites (tertiary alicyclic amines) is 1. The molecule has 1 aromatic heterocycles. The van der Waals surface area contributed by atoms with Crippen LogP contribution in [-0.4, -0.2) is 50.7 Å². The molecule has 0 saturated carbocycles. The summed E-state index contributed by atoms with van der Waals surface area (Å²) in [7, 11) is 0. The van der Waals surface area contributed by atoms with E-state index >= 15 is 0 Å². The molecule has 0 spiro atoms. The average molecular weight is 355 g/mol. The molecule has 1 fully saturated rings. The summed E-state index contributed by atoms with van der Waals surface area (Å²) in [5.41, 5.74) is -0.408. The van der Waals surface area contributed by atoms with Crippen LogP contribution in [0.2, 0.25) is 0 Å². The smallest absolute Gasteiger partial charge is 0.410 e. The molecule has 2 heterocycles. The lowest BCUT2D eigenvalue weighted by Gasteiger charge is -2.34. The molecule has 0 aliphatic carbocycles. The van der Waals surface area contributed by atoms with Crippen molar-refractivity contribution >= 4 is 24.7 Å². The number of aromatic nitrogens is 2. The zero-order valence-electron chi connectivity index (χ0n) is 14.3. The Labute approximate surface area is 147 Å². The molecule has 0 aromatic carbocycles. The molecule has 2 N–H and O–H groups in total. The number of carboxylic acids is 1. The molecule has 1 unspecified atom stereocenters. The van der Waals surface area contributed by atoms with Crippen molar-refractivity contribution in [3.05, 3.63) is 17.7 Å².